The number of ether oxygens (including phenoxy) is 1. The maximum absolute atomic E-state index is 12.1. The summed E-state index contributed by atoms with van der Waals surface area (Å²) in [6.07, 6.45) is 2.47. The van der Waals surface area contributed by atoms with Gasteiger partial charge in [0, 0.05) is 23.8 Å². The highest BCUT2D eigenvalue weighted by Gasteiger charge is 2.26. The molecule has 0 saturated heterocycles. The van der Waals surface area contributed by atoms with Gasteiger partial charge in [0.25, 0.3) is 0 Å². The third-order valence-corrected chi connectivity index (χ3v) is 3.04. The summed E-state index contributed by atoms with van der Waals surface area (Å²) >= 11 is 3.37. The SMILES string of the molecule is CC(C)(C)OC(=O)N(CCN)C(=O)N/C=C/c1cccc(Br)c1. The molecule has 0 fully saturated rings. The van der Waals surface area contributed by atoms with E-state index in [1.807, 2.05) is 24.3 Å². The molecule has 0 aliphatic carbocycles. The van der Waals surface area contributed by atoms with Crippen LogP contribution in [0.25, 0.3) is 6.08 Å². The van der Waals surface area contributed by atoms with Crippen LogP contribution in [0.2, 0.25) is 0 Å². The van der Waals surface area contributed by atoms with Crippen molar-refractivity contribution in [2.45, 2.75) is 26.4 Å². The van der Waals surface area contributed by atoms with E-state index >= 15 is 0 Å². The summed E-state index contributed by atoms with van der Waals surface area (Å²) in [6, 6.07) is 6.98. The van der Waals surface area contributed by atoms with E-state index in [9.17, 15) is 9.59 Å². The highest BCUT2D eigenvalue weighted by molar-refractivity contribution is 9.10. The molecule has 0 aliphatic rings. The molecule has 0 saturated carbocycles. The molecule has 3 N–H and O–H groups in total. The molecule has 0 unspecified atom stereocenters. The molecule has 6 nitrogen and oxygen atoms in total. The van der Waals surface area contributed by atoms with Crippen LogP contribution in [0.3, 0.4) is 0 Å². The Kier molecular flexibility index (Phi) is 7.25. The van der Waals surface area contributed by atoms with Gasteiger partial charge in [-0.15, -0.1) is 0 Å². The number of carbonyl (C=O) groups excluding carboxylic acids is 2. The van der Waals surface area contributed by atoms with Crippen molar-refractivity contribution >= 4 is 34.1 Å². The largest absolute Gasteiger partial charge is 0.443 e. The van der Waals surface area contributed by atoms with Crippen molar-refractivity contribution in [3.63, 3.8) is 0 Å². The quantitative estimate of drug-likeness (QED) is 0.834. The van der Waals surface area contributed by atoms with E-state index in [1.54, 1.807) is 26.8 Å². The Morgan fingerprint density at radius 2 is 2.09 bits per heavy atom. The number of hydrogen-bond donors (Lipinski definition) is 2. The molecule has 7 heteroatoms. The Balaban J connectivity index is 2.69. The number of nitrogens with two attached hydrogens (primary N) is 1. The van der Waals surface area contributed by atoms with Crippen molar-refractivity contribution in [3.05, 3.63) is 40.5 Å². The van der Waals surface area contributed by atoms with Crippen molar-refractivity contribution in [1.82, 2.24) is 10.2 Å². The zero-order valence-corrected chi connectivity index (χ0v) is 15.1. The second kappa shape index (κ2) is 8.69. The van der Waals surface area contributed by atoms with Crippen LogP contribution in [-0.2, 0) is 4.74 Å². The summed E-state index contributed by atoms with van der Waals surface area (Å²) in [7, 11) is 0. The van der Waals surface area contributed by atoms with Gasteiger partial charge in [0.1, 0.15) is 5.60 Å². The Bertz CT molecular complexity index is 582. The number of benzene rings is 1. The van der Waals surface area contributed by atoms with E-state index in [1.165, 1.54) is 6.20 Å². The summed E-state index contributed by atoms with van der Waals surface area (Å²) in [5.41, 5.74) is 5.67. The molecule has 1 rings (SSSR count). The number of amides is 3. The highest BCUT2D eigenvalue weighted by atomic mass is 79.9. The molecule has 0 bridgehead atoms. The fourth-order valence-electron chi connectivity index (χ4n) is 1.62. The zero-order chi connectivity index (χ0) is 17.5. The number of urea groups is 1. The van der Waals surface area contributed by atoms with E-state index in [2.05, 4.69) is 21.2 Å². The second-order valence-electron chi connectivity index (χ2n) is 5.76. The Morgan fingerprint density at radius 1 is 1.39 bits per heavy atom. The van der Waals surface area contributed by atoms with Gasteiger partial charge < -0.3 is 15.8 Å². The minimum Gasteiger partial charge on any atom is -0.443 e. The van der Waals surface area contributed by atoms with Crippen molar-refractivity contribution in [2.24, 2.45) is 5.73 Å². The van der Waals surface area contributed by atoms with Gasteiger partial charge in [-0.2, -0.15) is 0 Å². The second-order valence-corrected chi connectivity index (χ2v) is 6.67. The Morgan fingerprint density at radius 3 is 2.65 bits per heavy atom. The maximum Gasteiger partial charge on any atom is 0.418 e. The molecule has 1 aromatic carbocycles. The van der Waals surface area contributed by atoms with Gasteiger partial charge in [-0.05, 0) is 44.5 Å². The van der Waals surface area contributed by atoms with Gasteiger partial charge in [0.05, 0.1) is 0 Å². The van der Waals surface area contributed by atoms with Crippen LogP contribution >= 0.6 is 15.9 Å². The van der Waals surface area contributed by atoms with Crippen molar-refractivity contribution in [2.75, 3.05) is 13.1 Å². The smallest absolute Gasteiger partial charge is 0.418 e. The first-order chi connectivity index (χ1) is 10.7. The molecule has 126 valence electrons. The first kappa shape index (κ1) is 19.2. The predicted octanol–water partition coefficient (Wildman–Crippen LogP) is 3.33. The molecule has 23 heavy (non-hydrogen) atoms. The topological polar surface area (TPSA) is 84.7 Å². The van der Waals surface area contributed by atoms with Gasteiger partial charge in [-0.25, -0.2) is 14.5 Å². The van der Waals surface area contributed by atoms with E-state index in [0.29, 0.717) is 0 Å². The number of nitrogens with one attached hydrogen (secondary N) is 1. The summed E-state index contributed by atoms with van der Waals surface area (Å²) in [6.45, 7) is 5.43. The lowest BCUT2D eigenvalue weighted by molar-refractivity contribution is 0.0328. The van der Waals surface area contributed by atoms with Crippen LogP contribution in [0.5, 0.6) is 0 Å². The lowest BCUT2D eigenvalue weighted by Gasteiger charge is -2.25. The van der Waals surface area contributed by atoms with Crippen LogP contribution in [-0.4, -0.2) is 35.7 Å². The van der Waals surface area contributed by atoms with Gasteiger partial charge in [-0.1, -0.05) is 28.1 Å². The van der Waals surface area contributed by atoms with Gasteiger partial charge in [0.2, 0.25) is 0 Å². The molecule has 0 heterocycles. The first-order valence-electron chi connectivity index (χ1n) is 7.16. The average molecular weight is 384 g/mol. The molecule has 3 amide bonds. The number of nitrogens with zero attached hydrogens (tertiary/aromatic N) is 1. The van der Waals surface area contributed by atoms with Crippen molar-refractivity contribution in [1.29, 1.82) is 0 Å². The number of rotatable bonds is 4. The fraction of sp³-hybridized carbons (Fsp3) is 0.375. The van der Waals surface area contributed by atoms with Crippen LogP contribution in [0, 0.1) is 0 Å². The number of carbonyl (C=O) groups is 2. The number of hydrogen-bond acceptors (Lipinski definition) is 4. The van der Waals surface area contributed by atoms with Gasteiger partial charge >= 0.3 is 12.1 Å². The standard InChI is InChI=1S/C16H22BrN3O3/c1-16(2,3)23-15(22)20(10-8-18)14(21)19-9-7-12-5-4-6-13(17)11-12/h4-7,9,11H,8,10,18H2,1-3H3,(H,19,21)/b9-7+. The highest BCUT2D eigenvalue weighted by Crippen LogP contribution is 2.12. The summed E-state index contributed by atoms with van der Waals surface area (Å²) < 4.78 is 6.13. The molecular weight excluding hydrogens is 362 g/mol. The fourth-order valence-corrected chi connectivity index (χ4v) is 2.04. The first-order valence-corrected chi connectivity index (χ1v) is 7.95. The molecule has 1 aromatic rings. The molecule has 0 atom stereocenters. The third-order valence-electron chi connectivity index (χ3n) is 2.54. The minimum absolute atomic E-state index is 0.0749. The predicted molar refractivity (Wildman–Crippen MR) is 93.7 cm³/mol. The lowest BCUT2D eigenvalue weighted by Crippen LogP contribution is -2.46. The van der Waals surface area contributed by atoms with Crippen molar-refractivity contribution in [3.8, 4) is 0 Å². The monoisotopic (exact) mass is 383 g/mol. The van der Waals surface area contributed by atoms with Gasteiger partial charge in [-0.3, -0.25) is 0 Å². The molecule has 0 radical (unpaired) electrons. The van der Waals surface area contributed by atoms with Crippen LogP contribution in [0.4, 0.5) is 9.59 Å². The maximum atomic E-state index is 12.1. The normalized spacial score (nSPS) is 11.3. The van der Waals surface area contributed by atoms with Crippen molar-refractivity contribution < 1.29 is 14.3 Å². The molecule has 0 aromatic heterocycles. The van der Waals surface area contributed by atoms with Crippen LogP contribution in [0.1, 0.15) is 26.3 Å². The van der Waals surface area contributed by atoms with E-state index in [4.69, 9.17) is 10.5 Å². The average Bonchev–Trinajstić information content (AvgIpc) is 2.42. The molecule has 0 aliphatic heterocycles. The lowest BCUT2D eigenvalue weighted by atomic mass is 10.2. The summed E-state index contributed by atoms with van der Waals surface area (Å²) in [5.74, 6) is 0. The Hall–Kier alpha value is -1.86. The summed E-state index contributed by atoms with van der Waals surface area (Å²) in [5, 5.41) is 2.54. The summed E-state index contributed by atoms with van der Waals surface area (Å²) in [4.78, 5) is 25.1. The molecule has 0 spiro atoms. The number of imide groups is 1. The third kappa shape index (κ3) is 7.30. The molecular formula is C16H22BrN3O3. The van der Waals surface area contributed by atoms with Gasteiger partial charge in [0.15, 0.2) is 0 Å². The minimum atomic E-state index is -0.726. The zero-order valence-electron chi connectivity index (χ0n) is 13.5. The number of halogens is 1. The van der Waals surface area contributed by atoms with E-state index < -0.39 is 17.7 Å². The van der Waals surface area contributed by atoms with E-state index in [0.717, 1.165) is 14.9 Å². The van der Waals surface area contributed by atoms with E-state index in [-0.39, 0.29) is 13.1 Å². The Labute approximate surface area is 144 Å². The van der Waals surface area contributed by atoms with Crippen LogP contribution in [0.15, 0.2) is 34.9 Å². The van der Waals surface area contributed by atoms with Crippen LogP contribution < -0.4 is 11.1 Å².